The molecule has 1 aromatic heterocycles. The molecule has 1 nitrogen and oxygen atoms in total. The third-order valence-corrected chi connectivity index (χ3v) is 3.37. The number of hydrogen-bond acceptors (Lipinski definition) is 2. The fourth-order valence-electron chi connectivity index (χ4n) is 1.66. The molecule has 0 aliphatic rings. The molecular weight excluding hydrogens is 178 g/mol. The second kappa shape index (κ2) is 3.13. The van der Waals surface area contributed by atoms with Crippen molar-refractivity contribution in [3.8, 4) is 0 Å². The minimum absolute atomic E-state index is 0.122. The van der Waals surface area contributed by atoms with Gasteiger partial charge in [-0.25, -0.2) is 0 Å². The van der Waals surface area contributed by atoms with E-state index in [-0.39, 0.29) is 6.04 Å². The van der Waals surface area contributed by atoms with E-state index in [2.05, 4.69) is 30.5 Å². The lowest BCUT2D eigenvalue weighted by molar-refractivity contribution is 0.826. The molecule has 1 atom stereocenters. The number of fused-ring (bicyclic) bond motifs is 1. The molecule has 2 heteroatoms. The van der Waals surface area contributed by atoms with Gasteiger partial charge in [0.15, 0.2) is 0 Å². The van der Waals surface area contributed by atoms with Crippen molar-refractivity contribution in [1.29, 1.82) is 0 Å². The van der Waals surface area contributed by atoms with Crippen LogP contribution in [0.4, 0.5) is 0 Å². The second-order valence-electron chi connectivity index (χ2n) is 3.43. The van der Waals surface area contributed by atoms with Gasteiger partial charge in [0, 0.05) is 16.1 Å². The van der Waals surface area contributed by atoms with Gasteiger partial charge < -0.3 is 5.73 Å². The fraction of sp³-hybridized carbons (Fsp3) is 0.273. The molecule has 2 rings (SSSR count). The number of hydrogen-bond donors (Lipinski definition) is 1. The third-order valence-electron chi connectivity index (χ3n) is 2.31. The third kappa shape index (κ3) is 1.36. The topological polar surface area (TPSA) is 26.0 Å². The number of nitrogens with two attached hydrogens (primary N) is 1. The van der Waals surface area contributed by atoms with Crippen LogP contribution in [0.25, 0.3) is 10.1 Å². The minimum Gasteiger partial charge on any atom is -0.324 e. The van der Waals surface area contributed by atoms with Gasteiger partial charge in [0.1, 0.15) is 0 Å². The molecule has 0 saturated heterocycles. The Hall–Kier alpha value is -0.860. The Balaban J connectivity index is 2.80. The van der Waals surface area contributed by atoms with Crippen LogP contribution in [0.5, 0.6) is 0 Å². The van der Waals surface area contributed by atoms with Crippen LogP contribution < -0.4 is 5.73 Å². The maximum Gasteiger partial charge on any atom is 0.0348 e. The number of thiophene rings is 1. The first kappa shape index (κ1) is 8.73. The molecule has 0 aliphatic heterocycles. The van der Waals surface area contributed by atoms with Crippen LogP contribution in [-0.4, -0.2) is 0 Å². The van der Waals surface area contributed by atoms with Crippen molar-refractivity contribution in [2.24, 2.45) is 5.73 Å². The van der Waals surface area contributed by atoms with Gasteiger partial charge in [0.05, 0.1) is 0 Å². The molecule has 0 amide bonds. The van der Waals surface area contributed by atoms with Crippen LogP contribution in [-0.2, 0) is 0 Å². The molecule has 0 aliphatic carbocycles. The molecule has 2 N–H and O–H groups in total. The zero-order valence-electron chi connectivity index (χ0n) is 7.87. The molecule has 2 aromatic rings. The standard InChI is InChI=1S/C11H13NS/c1-7-6-13-10-5-3-4-9(8(2)12)11(7)10/h3-6,8H,12H2,1-2H3. The van der Waals surface area contributed by atoms with E-state index >= 15 is 0 Å². The van der Waals surface area contributed by atoms with Crippen molar-refractivity contribution in [2.75, 3.05) is 0 Å². The van der Waals surface area contributed by atoms with Gasteiger partial charge in [0.2, 0.25) is 0 Å². The Bertz CT molecular complexity index is 429. The molecule has 0 spiro atoms. The zero-order valence-corrected chi connectivity index (χ0v) is 8.69. The van der Waals surface area contributed by atoms with Gasteiger partial charge in [-0.3, -0.25) is 0 Å². The summed E-state index contributed by atoms with van der Waals surface area (Å²) in [5.41, 5.74) is 8.51. The van der Waals surface area contributed by atoms with Crippen molar-refractivity contribution in [3.63, 3.8) is 0 Å². The summed E-state index contributed by atoms with van der Waals surface area (Å²) < 4.78 is 1.34. The zero-order chi connectivity index (χ0) is 9.42. The van der Waals surface area contributed by atoms with Crippen molar-refractivity contribution in [1.82, 2.24) is 0 Å². The Morgan fingerprint density at radius 2 is 2.15 bits per heavy atom. The Morgan fingerprint density at radius 3 is 2.85 bits per heavy atom. The predicted molar refractivity (Wildman–Crippen MR) is 59.2 cm³/mol. The van der Waals surface area contributed by atoms with Gasteiger partial charge in [-0.05, 0) is 36.4 Å². The smallest absolute Gasteiger partial charge is 0.0348 e. The van der Waals surface area contributed by atoms with Crippen LogP contribution in [0.2, 0.25) is 0 Å². The van der Waals surface area contributed by atoms with Crippen LogP contribution in [0.3, 0.4) is 0 Å². The number of aryl methyl sites for hydroxylation is 1. The second-order valence-corrected chi connectivity index (χ2v) is 4.34. The van der Waals surface area contributed by atoms with E-state index in [1.54, 1.807) is 11.3 Å². The highest BCUT2D eigenvalue weighted by molar-refractivity contribution is 7.17. The van der Waals surface area contributed by atoms with Gasteiger partial charge >= 0.3 is 0 Å². The first-order valence-electron chi connectivity index (χ1n) is 4.42. The lowest BCUT2D eigenvalue weighted by Gasteiger charge is -2.07. The van der Waals surface area contributed by atoms with Crippen molar-refractivity contribution < 1.29 is 0 Å². The van der Waals surface area contributed by atoms with Crippen molar-refractivity contribution >= 4 is 21.4 Å². The molecule has 0 bridgehead atoms. The lowest BCUT2D eigenvalue weighted by atomic mass is 10.0. The van der Waals surface area contributed by atoms with E-state index in [0.717, 1.165) is 0 Å². The van der Waals surface area contributed by atoms with Crippen LogP contribution >= 0.6 is 11.3 Å². The molecule has 0 radical (unpaired) electrons. The first-order valence-corrected chi connectivity index (χ1v) is 5.30. The fourth-order valence-corrected chi connectivity index (χ4v) is 2.63. The van der Waals surface area contributed by atoms with Gasteiger partial charge in [-0.15, -0.1) is 11.3 Å². The van der Waals surface area contributed by atoms with Crippen molar-refractivity contribution in [2.45, 2.75) is 19.9 Å². The Kier molecular flexibility index (Phi) is 2.10. The van der Waals surface area contributed by atoms with Gasteiger partial charge in [-0.2, -0.15) is 0 Å². The van der Waals surface area contributed by atoms with E-state index in [1.807, 2.05) is 6.92 Å². The number of rotatable bonds is 1. The quantitative estimate of drug-likeness (QED) is 0.735. The summed E-state index contributed by atoms with van der Waals surface area (Å²) in [5, 5.41) is 3.54. The van der Waals surface area contributed by atoms with Crippen molar-refractivity contribution in [3.05, 3.63) is 34.7 Å². The van der Waals surface area contributed by atoms with E-state index < -0.39 is 0 Å². The van der Waals surface area contributed by atoms with Gasteiger partial charge in [-0.1, -0.05) is 12.1 Å². The SMILES string of the molecule is Cc1csc2cccc(C(C)N)c12. The highest BCUT2D eigenvalue weighted by Crippen LogP contribution is 2.30. The molecule has 13 heavy (non-hydrogen) atoms. The molecule has 0 saturated carbocycles. The average molecular weight is 191 g/mol. The normalized spacial score (nSPS) is 13.5. The summed E-state index contributed by atoms with van der Waals surface area (Å²) in [4.78, 5) is 0. The largest absolute Gasteiger partial charge is 0.324 e. The summed E-state index contributed by atoms with van der Waals surface area (Å²) in [6.45, 7) is 4.18. The number of benzene rings is 1. The van der Waals surface area contributed by atoms with Crippen LogP contribution in [0, 0.1) is 6.92 Å². The average Bonchev–Trinajstić information content (AvgIpc) is 2.48. The summed E-state index contributed by atoms with van der Waals surface area (Å²) in [7, 11) is 0. The van der Waals surface area contributed by atoms with Gasteiger partial charge in [0.25, 0.3) is 0 Å². The summed E-state index contributed by atoms with van der Waals surface area (Å²) in [6, 6.07) is 6.47. The molecule has 68 valence electrons. The Morgan fingerprint density at radius 1 is 1.38 bits per heavy atom. The van der Waals surface area contributed by atoms with E-state index in [0.29, 0.717) is 0 Å². The predicted octanol–water partition coefficient (Wildman–Crippen LogP) is 3.23. The molecule has 1 aromatic carbocycles. The van der Waals surface area contributed by atoms with E-state index in [4.69, 9.17) is 5.73 Å². The summed E-state index contributed by atoms with van der Waals surface area (Å²) >= 11 is 1.79. The highest BCUT2D eigenvalue weighted by atomic mass is 32.1. The van der Waals surface area contributed by atoms with E-state index in [1.165, 1.54) is 21.2 Å². The Labute approximate surface area is 82.2 Å². The maximum atomic E-state index is 5.91. The summed E-state index contributed by atoms with van der Waals surface area (Å²) in [6.07, 6.45) is 0. The van der Waals surface area contributed by atoms with E-state index in [9.17, 15) is 0 Å². The lowest BCUT2D eigenvalue weighted by Crippen LogP contribution is -2.05. The molecule has 1 heterocycles. The molecule has 0 fully saturated rings. The van der Waals surface area contributed by atoms with Crippen LogP contribution in [0.15, 0.2) is 23.6 Å². The molecular formula is C11H13NS. The minimum atomic E-state index is 0.122. The van der Waals surface area contributed by atoms with Crippen LogP contribution in [0.1, 0.15) is 24.1 Å². The highest BCUT2D eigenvalue weighted by Gasteiger charge is 2.08. The summed E-state index contributed by atoms with van der Waals surface area (Å²) in [5.74, 6) is 0. The maximum absolute atomic E-state index is 5.91. The first-order chi connectivity index (χ1) is 6.20. The monoisotopic (exact) mass is 191 g/mol. The molecule has 1 unspecified atom stereocenters.